The second-order valence-corrected chi connectivity index (χ2v) is 10.8. The predicted molar refractivity (Wildman–Crippen MR) is 171 cm³/mol. The molecule has 1 aliphatic heterocycles. The molecule has 5 aromatic carbocycles. The molecule has 0 N–H and O–H groups in total. The van der Waals surface area contributed by atoms with Crippen molar-refractivity contribution in [3.63, 3.8) is 0 Å². The Balaban J connectivity index is 1.38. The number of nitrogens with zero attached hydrogens (tertiary/aromatic N) is 5. The molecular formula is C36H29N5. The zero-order valence-corrected chi connectivity index (χ0v) is 23.3. The number of aryl methyl sites for hydroxylation is 2. The lowest BCUT2D eigenvalue weighted by Crippen LogP contribution is -2.25. The van der Waals surface area contributed by atoms with E-state index in [4.69, 9.17) is 4.98 Å². The van der Waals surface area contributed by atoms with Gasteiger partial charge in [-0.3, -0.25) is 4.90 Å². The van der Waals surface area contributed by atoms with Gasteiger partial charge < -0.3 is 14.0 Å². The Bertz CT molecular complexity index is 2100. The zero-order chi connectivity index (χ0) is 27.7. The molecule has 0 saturated carbocycles. The largest absolute Gasteiger partial charge is 0.341 e. The number of aromatic nitrogens is 3. The highest BCUT2D eigenvalue weighted by Crippen LogP contribution is 2.52. The minimum atomic E-state index is 1.02. The van der Waals surface area contributed by atoms with Crippen LogP contribution in [-0.2, 0) is 14.1 Å². The van der Waals surface area contributed by atoms with Gasteiger partial charge in [0.2, 0.25) is 0 Å². The fraction of sp³-hybridized carbons (Fsp3) is 0.0833. The van der Waals surface area contributed by atoms with Gasteiger partial charge in [0.1, 0.15) is 5.82 Å². The molecule has 0 bridgehead atoms. The Morgan fingerprint density at radius 1 is 0.537 bits per heavy atom. The molecule has 0 aliphatic carbocycles. The number of para-hydroxylation sites is 3. The first-order chi connectivity index (χ1) is 20.1. The number of rotatable bonds is 3. The van der Waals surface area contributed by atoms with Gasteiger partial charge in [-0.05, 0) is 59.2 Å². The fourth-order valence-corrected chi connectivity index (χ4v) is 6.42. The van der Waals surface area contributed by atoms with Crippen molar-refractivity contribution < 1.29 is 0 Å². The van der Waals surface area contributed by atoms with Crippen molar-refractivity contribution in [2.75, 3.05) is 16.8 Å². The normalized spacial score (nSPS) is 12.7. The second kappa shape index (κ2) is 8.86. The van der Waals surface area contributed by atoms with Gasteiger partial charge in [-0.1, -0.05) is 72.8 Å². The summed E-state index contributed by atoms with van der Waals surface area (Å²) in [7, 11) is 6.37. The molecule has 5 nitrogen and oxygen atoms in total. The van der Waals surface area contributed by atoms with Crippen molar-refractivity contribution in [1.29, 1.82) is 0 Å². The van der Waals surface area contributed by atoms with Crippen LogP contribution in [0.15, 0.2) is 122 Å². The molecule has 0 radical (unpaired) electrons. The summed E-state index contributed by atoms with van der Waals surface area (Å²) in [6, 6.07) is 41.5. The van der Waals surface area contributed by atoms with Gasteiger partial charge in [0.15, 0.2) is 0 Å². The number of imidazole rings is 1. The van der Waals surface area contributed by atoms with Gasteiger partial charge in [0.25, 0.3) is 0 Å². The molecule has 0 unspecified atom stereocenters. The lowest BCUT2D eigenvalue weighted by Gasteiger charge is -2.38. The van der Waals surface area contributed by atoms with Gasteiger partial charge in [-0.25, -0.2) is 4.98 Å². The summed E-state index contributed by atoms with van der Waals surface area (Å²) < 4.78 is 4.40. The molecule has 1 aliphatic rings. The predicted octanol–water partition coefficient (Wildman–Crippen LogP) is 8.95. The minimum absolute atomic E-state index is 1.02. The van der Waals surface area contributed by atoms with Gasteiger partial charge in [0, 0.05) is 32.1 Å². The monoisotopic (exact) mass is 531 g/mol. The standard InChI is InChI=1S/C36H29N5/c1-38-23-37-36-27(14-10-18-33(36)38)25-19-20-31-34(21-25)41(32-16-8-7-15-30(32)39(31)2)35-22-28-26(24-11-5-4-6-12-24)13-9-17-29(28)40(35)3/h4-23H,1-3H3. The average molecular weight is 532 g/mol. The van der Waals surface area contributed by atoms with Crippen molar-refractivity contribution in [3.8, 4) is 22.3 Å². The van der Waals surface area contributed by atoms with Crippen LogP contribution in [0.5, 0.6) is 0 Å². The van der Waals surface area contributed by atoms with Gasteiger partial charge >= 0.3 is 0 Å². The molecule has 0 atom stereocenters. The highest BCUT2D eigenvalue weighted by molar-refractivity contribution is 6.04. The number of hydrogen-bond acceptors (Lipinski definition) is 3. The fourth-order valence-electron chi connectivity index (χ4n) is 6.42. The summed E-state index contributed by atoms with van der Waals surface area (Å²) in [5.41, 5.74) is 12.7. The summed E-state index contributed by atoms with van der Waals surface area (Å²) in [6.07, 6.45) is 1.89. The third-order valence-corrected chi connectivity index (χ3v) is 8.50. The molecule has 0 saturated heterocycles. The van der Waals surface area contributed by atoms with Crippen molar-refractivity contribution in [3.05, 3.63) is 122 Å². The Morgan fingerprint density at radius 2 is 1.24 bits per heavy atom. The Morgan fingerprint density at radius 3 is 2.07 bits per heavy atom. The Labute approximate surface area is 239 Å². The minimum Gasteiger partial charge on any atom is -0.341 e. The highest BCUT2D eigenvalue weighted by atomic mass is 15.3. The van der Waals surface area contributed by atoms with Crippen LogP contribution in [0.4, 0.5) is 28.6 Å². The van der Waals surface area contributed by atoms with E-state index in [9.17, 15) is 0 Å². The number of hydrogen-bond donors (Lipinski definition) is 0. The van der Waals surface area contributed by atoms with E-state index >= 15 is 0 Å². The van der Waals surface area contributed by atoms with E-state index in [1.807, 2.05) is 13.4 Å². The van der Waals surface area contributed by atoms with E-state index in [1.165, 1.54) is 27.7 Å². The zero-order valence-electron chi connectivity index (χ0n) is 23.3. The quantitative estimate of drug-likeness (QED) is 0.228. The molecule has 2 aromatic heterocycles. The van der Waals surface area contributed by atoms with Crippen LogP contribution >= 0.6 is 0 Å². The van der Waals surface area contributed by atoms with Crippen LogP contribution in [0.2, 0.25) is 0 Å². The smallest absolute Gasteiger partial charge is 0.118 e. The molecule has 0 amide bonds. The van der Waals surface area contributed by atoms with Crippen LogP contribution in [0.25, 0.3) is 44.2 Å². The van der Waals surface area contributed by atoms with Crippen LogP contribution in [0.1, 0.15) is 0 Å². The van der Waals surface area contributed by atoms with Crippen LogP contribution in [-0.4, -0.2) is 21.2 Å². The molecule has 0 fully saturated rings. The topological polar surface area (TPSA) is 29.2 Å². The first-order valence-corrected chi connectivity index (χ1v) is 13.9. The highest BCUT2D eigenvalue weighted by Gasteiger charge is 2.30. The molecule has 198 valence electrons. The summed E-state index contributed by atoms with van der Waals surface area (Å²) in [5, 5.41) is 1.24. The molecule has 5 heteroatoms. The van der Waals surface area contributed by atoms with Crippen LogP contribution in [0.3, 0.4) is 0 Å². The third-order valence-electron chi connectivity index (χ3n) is 8.50. The van der Waals surface area contributed by atoms with Gasteiger partial charge in [-0.15, -0.1) is 0 Å². The first kappa shape index (κ1) is 23.6. The first-order valence-electron chi connectivity index (χ1n) is 13.9. The molecule has 8 rings (SSSR count). The van der Waals surface area contributed by atoms with E-state index in [1.54, 1.807) is 0 Å². The van der Waals surface area contributed by atoms with E-state index in [0.717, 1.165) is 45.0 Å². The van der Waals surface area contributed by atoms with Crippen LogP contribution in [0, 0.1) is 0 Å². The average Bonchev–Trinajstić information content (AvgIpc) is 3.57. The van der Waals surface area contributed by atoms with Crippen molar-refractivity contribution in [2.45, 2.75) is 0 Å². The molecule has 3 heterocycles. The van der Waals surface area contributed by atoms with E-state index < -0.39 is 0 Å². The maximum absolute atomic E-state index is 4.75. The summed E-state index contributed by atoms with van der Waals surface area (Å²) in [6.45, 7) is 0. The van der Waals surface area contributed by atoms with Crippen molar-refractivity contribution >= 4 is 50.5 Å². The Kier molecular flexibility index (Phi) is 5.10. The Hall–Kier alpha value is -5.29. The summed E-state index contributed by atoms with van der Waals surface area (Å²) >= 11 is 0. The SMILES string of the molecule is CN1c2ccccc2N(c2cc3c(-c4ccccc4)cccc3n2C)c2cc(-c3cccc4c3ncn4C)ccc21. The van der Waals surface area contributed by atoms with Crippen molar-refractivity contribution in [1.82, 2.24) is 14.1 Å². The van der Waals surface area contributed by atoms with Crippen LogP contribution < -0.4 is 9.80 Å². The van der Waals surface area contributed by atoms with Crippen molar-refractivity contribution in [2.24, 2.45) is 14.1 Å². The molecular weight excluding hydrogens is 502 g/mol. The summed E-state index contributed by atoms with van der Waals surface area (Å²) in [5.74, 6) is 1.12. The summed E-state index contributed by atoms with van der Waals surface area (Å²) in [4.78, 5) is 9.47. The van der Waals surface area contributed by atoms with E-state index in [-0.39, 0.29) is 0 Å². The molecule has 41 heavy (non-hydrogen) atoms. The lowest BCUT2D eigenvalue weighted by atomic mass is 9.99. The van der Waals surface area contributed by atoms with E-state index in [2.05, 4.69) is 148 Å². The van der Waals surface area contributed by atoms with Gasteiger partial charge in [-0.2, -0.15) is 0 Å². The second-order valence-electron chi connectivity index (χ2n) is 10.8. The molecule has 0 spiro atoms. The van der Waals surface area contributed by atoms with Gasteiger partial charge in [0.05, 0.1) is 45.6 Å². The lowest BCUT2D eigenvalue weighted by molar-refractivity contribution is 0.942. The number of anilines is 5. The third kappa shape index (κ3) is 3.45. The van der Waals surface area contributed by atoms with E-state index in [0.29, 0.717) is 0 Å². The maximum Gasteiger partial charge on any atom is 0.118 e. The maximum atomic E-state index is 4.75. The molecule has 7 aromatic rings. The number of benzene rings is 5. The number of fused-ring (bicyclic) bond motifs is 4.